The van der Waals surface area contributed by atoms with E-state index in [1.807, 2.05) is 26.0 Å². The summed E-state index contributed by atoms with van der Waals surface area (Å²) < 4.78 is 0. The number of aryl methyl sites for hydroxylation is 1. The van der Waals surface area contributed by atoms with Crippen LogP contribution in [0.4, 0.5) is 11.5 Å². The Balaban J connectivity index is 1.64. The highest BCUT2D eigenvalue weighted by Gasteiger charge is 2.22. The largest absolute Gasteiger partial charge is 0.383 e. The van der Waals surface area contributed by atoms with Crippen LogP contribution in [0.5, 0.6) is 0 Å². The summed E-state index contributed by atoms with van der Waals surface area (Å²) in [6.45, 7) is 9.78. The number of hydrogen-bond donors (Lipinski definition) is 2. The summed E-state index contributed by atoms with van der Waals surface area (Å²) >= 11 is 0. The van der Waals surface area contributed by atoms with E-state index in [0.29, 0.717) is 6.54 Å². The molecule has 1 saturated heterocycles. The van der Waals surface area contributed by atoms with Gasteiger partial charge in [-0.1, -0.05) is 38.1 Å². The molecule has 2 aromatic rings. The molecule has 28 heavy (non-hydrogen) atoms. The predicted octanol–water partition coefficient (Wildman–Crippen LogP) is 2.35. The average molecular weight is 383 g/mol. The van der Waals surface area contributed by atoms with Gasteiger partial charge in [0.05, 0.1) is 0 Å². The summed E-state index contributed by atoms with van der Waals surface area (Å²) in [6, 6.07) is 12.3. The maximum absolute atomic E-state index is 12.1. The number of amides is 1. The minimum Gasteiger partial charge on any atom is -0.383 e. The van der Waals surface area contributed by atoms with Crippen molar-refractivity contribution in [1.82, 2.24) is 10.3 Å². The van der Waals surface area contributed by atoms with Gasteiger partial charge in [0.15, 0.2) is 0 Å². The molecule has 3 rings (SSSR count). The van der Waals surface area contributed by atoms with Crippen LogP contribution in [-0.2, 0) is 11.3 Å². The molecule has 0 saturated carbocycles. The van der Waals surface area contributed by atoms with Crippen LogP contribution in [0.15, 0.2) is 42.6 Å². The number of benzene rings is 1. The minimum atomic E-state index is -0.988. The zero-order valence-corrected chi connectivity index (χ0v) is 16.9. The lowest BCUT2D eigenvalue weighted by Crippen LogP contribution is -2.47. The maximum atomic E-state index is 12.1. The third-order valence-corrected chi connectivity index (χ3v) is 5.26. The summed E-state index contributed by atoms with van der Waals surface area (Å²) in [7, 11) is 0. The number of aliphatic hydroxyl groups excluding tert-OH is 1. The standard InChI is InChI=1S/C22H30N4O2/c1-16(2)20(27)22(28)24-15-18-8-6-10-23-21(18)26-13-11-25(12-14-26)19-9-5-4-7-17(19)3/h4-10,16,20,27H,11-15H2,1-3H3,(H,24,28). The van der Waals surface area contributed by atoms with Crippen molar-refractivity contribution in [1.29, 1.82) is 0 Å². The summed E-state index contributed by atoms with van der Waals surface area (Å²) in [5, 5.41) is 12.7. The van der Waals surface area contributed by atoms with Gasteiger partial charge in [0.1, 0.15) is 11.9 Å². The molecule has 2 N–H and O–H groups in total. The third-order valence-electron chi connectivity index (χ3n) is 5.26. The lowest BCUT2D eigenvalue weighted by atomic mass is 10.1. The van der Waals surface area contributed by atoms with E-state index in [-0.39, 0.29) is 11.8 Å². The number of hydrogen-bond acceptors (Lipinski definition) is 5. The number of aliphatic hydroxyl groups is 1. The van der Waals surface area contributed by atoms with Crippen molar-refractivity contribution in [3.05, 3.63) is 53.7 Å². The van der Waals surface area contributed by atoms with E-state index in [4.69, 9.17) is 0 Å². The van der Waals surface area contributed by atoms with Gasteiger partial charge in [0, 0.05) is 50.2 Å². The Kier molecular flexibility index (Phi) is 6.52. The number of aromatic nitrogens is 1. The van der Waals surface area contributed by atoms with Crippen molar-refractivity contribution in [3.63, 3.8) is 0 Å². The fourth-order valence-corrected chi connectivity index (χ4v) is 3.52. The van der Waals surface area contributed by atoms with E-state index < -0.39 is 6.10 Å². The number of rotatable bonds is 6. The second kappa shape index (κ2) is 9.06. The fraction of sp³-hybridized carbons (Fsp3) is 0.455. The second-order valence-electron chi connectivity index (χ2n) is 7.65. The maximum Gasteiger partial charge on any atom is 0.249 e. The summed E-state index contributed by atoms with van der Waals surface area (Å²) in [4.78, 5) is 21.3. The van der Waals surface area contributed by atoms with Crippen LogP contribution >= 0.6 is 0 Å². The fourth-order valence-electron chi connectivity index (χ4n) is 3.52. The van der Waals surface area contributed by atoms with Crippen LogP contribution in [-0.4, -0.2) is 48.3 Å². The number of piperazine rings is 1. The van der Waals surface area contributed by atoms with Crippen molar-refractivity contribution >= 4 is 17.4 Å². The van der Waals surface area contributed by atoms with Crippen molar-refractivity contribution < 1.29 is 9.90 Å². The van der Waals surface area contributed by atoms with Crippen molar-refractivity contribution in [3.8, 4) is 0 Å². The van der Waals surface area contributed by atoms with Crippen LogP contribution in [0.3, 0.4) is 0 Å². The quantitative estimate of drug-likeness (QED) is 0.803. The van der Waals surface area contributed by atoms with Gasteiger partial charge in [0.2, 0.25) is 5.91 Å². The van der Waals surface area contributed by atoms with Crippen molar-refractivity contribution in [2.45, 2.75) is 33.4 Å². The first-order valence-electron chi connectivity index (χ1n) is 9.92. The lowest BCUT2D eigenvalue weighted by Gasteiger charge is -2.38. The number of carbonyl (C=O) groups is 1. The molecule has 0 bridgehead atoms. The zero-order valence-electron chi connectivity index (χ0n) is 16.9. The average Bonchev–Trinajstić information content (AvgIpc) is 2.72. The number of anilines is 2. The molecule has 1 atom stereocenters. The van der Waals surface area contributed by atoms with E-state index in [0.717, 1.165) is 37.6 Å². The molecule has 0 spiro atoms. The summed E-state index contributed by atoms with van der Waals surface area (Å²) in [6.07, 6.45) is 0.801. The molecule has 0 aliphatic carbocycles. The second-order valence-corrected chi connectivity index (χ2v) is 7.65. The number of nitrogens with zero attached hydrogens (tertiary/aromatic N) is 3. The number of carbonyl (C=O) groups excluding carboxylic acids is 1. The Morgan fingerprint density at radius 2 is 1.79 bits per heavy atom. The molecular formula is C22H30N4O2. The molecule has 6 heteroatoms. The Morgan fingerprint density at radius 1 is 1.11 bits per heavy atom. The van der Waals surface area contributed by atoms with Gasteiger partial charge >= 0.3 is 0 Å². The molecule has 150 valence electrons. The molecular weight excluding hydrogens is 352 g/mol. The first-order chi connectivity index (χ1) is 13.5. The highest BCUT2D eigenvalue weighted by molar-refractivity contribution is 5.80. The van der Waals surface area contributed by atoms with Crippen LogP contribution in [0.25, 0.3) is 0 Å². The Bertz CT molecular complexity index is 801. The molecule has 1 aliphatic rings. The summed E-state index contributed by atoms with van der Waals surface area (Å²) in [5.41, 5.74) is 3.55. The van der Waals surface area contributed by atoms with E-state index in [1.54, 1.807) is 6.20 Å². The normalized spacial score (nSPS) is 15.6. The highest BCUT2D eigenvalue weighted by Crippen LogP contribution is 2.24. The van der Waals surface area contributed by atoms with Crippen molar-refractivity contribution in [2.24, 2.45) is 5.92 Å². The lowest BCUT2D eigenvalue weighted by molar-refractivity contribution is -0.131. The van der Waals surface area contributed by atoms with Gasteiger partial charge in [-0.3, -0.25) is 4.79 Å². The molecule has 1 aromatic heterocycles. The van der Waals surface area contributed by atoms with E-state index >= 15 is 0 Å². The monoisotopic (exact) mass is 382 g/mol. The number of pyridine rings is 1. The highest BCUT2D eigenvalue weighted by atomic mass is 16.3. The van der Waals surface area contributed by atoms with Gasteiger partial charge in [-0.15, -0.1) is 0 Å². The summed E-state index contributed by atoms with van der Waals surface area (Å²) in [5.74, 6) is 0.461. The van der Waals surface area contributed by atoms with E-state index in [1.165, 1.54) is 11.3 Å². The zero-order chi connectivity index (χ0) is 20.1. The Labute approximate surface area is 167 Å². The van der Waals surface area contributed by atoms with Gasteiger partial charge in [0.25, 0.3) is 0 Å². The molecule has 0 radical (unpaired) electrons. The molecule has 1 amide bonds. The van der Waals surface area contributed by atoms with Crippen molar-refractivity contribution in [2.75, 3.05) is 36.0 Å². The van der Waals surface area contributed by atoms with Gasteiger partial charge < -0.3 is 20.2 Å². The predicted molar refractivity (Wildman–Crippen MR) is 113 cm³/mol. The minimum absolute atomic E-state index is 0.108. The smallest absolute Gasteiger partial charge is 0.249 e. The Hall–Kier alpha value is -2.60. The van der Waals surface area contributed by atoms with Gasteiger partial charge in [-0.25, -0.2) is 4.98 Å². The molecule has 1 fully saturated rings. The van der Waals surface area contributed by atoms with Crippen LogP contribution in [0.2, 0.25) is 0 Å². The first-order valence-corrected chi connectivity index (χ1v) is 9.92. The number of nitrogens with one attached hydrogen (secondary N) is 1. The van der Waals surface area contributed by atoms with E-state index in [2.05, 4.69) is 51.3 Å². The van der Waals surface area contributed by atoms with Gasteiger partial charge in [-0.05, 0) is 30.5 Å². The SMILES string of the molecule is Cc1ccccc1N1CCN(c2ncccc2CNC(=O)C(O)C(C)C)CC1. The van der Waals surface area contributed by atoms with Gasteiger partial charge in [-0.2, -0.15) is 0 Å². The topological polar surface area (TPSA) is 68.7 Å². The first kappa shape index (κ1) is 20.1. The van der Waals surface area contributed by atoms with Crippen LogP contribution < -0.4 is 15.1 Å². The molecule has 1 unspecified atom stereocenters. The molecule has 6 nitrogen and oxygen atoms in total. The van der Waals surface area contributed by atoms with Crippen LogP contribution in [0.1, 0.15) is 25.0 Å². The third kappa shape index (κ3) is 4.62. The molecule has 2 heterocycles. The number of para-hydroxylation sites is 1. The van der Waals surface area contributed by atoms with E-state index in [9.17, 15) is 9.90 Å². The van der Waals surface area contributed by atoms with Crippen LogP contribution in [0, 0.1) is 12.8 Å². The Morgan fingerprint density at radius 3 is 2.46 bits per heavy atom. The molecule has 1 aliphatic heterocycles. The molecule has 1 aromatic carbocycles.